The first-order valence-corrected chi connectivity index (χ1v) is 20.8. The average molecular weight is 739 g/mol. The van der Waals surface area contributed by atoms with Crippen molar-refractivity contribution in [1.82, 2.24) is 0 Å². The minimum atomic E-state index is -0.0252. The van der Waals surface area contributed by atoms with Crippen LogP contribution in [-0.4, -0.2) is 0 Å². The fraction of sp³-hybridized carbons (Fsp3) is 0.164. The number of allylic oxidation sites excluding steroid dienone is 4. The molecule has 0 saturated carbocycles. The highest BCUT2D eigenvalue weighted by molar-refractivity contribution is 5.87. The molecule has 2 nitrogen and oxygen atoms in total. The molecule has 9 rings (SSSR count). The Kier molecular flexibility index (Phi) is 10.2. The van der Waals surface area contributed by atoms with Crippen LogP contribution in [0, 0.1) is 0 Å². The average Bonchev–Trinajstić information content (AvgIpc) is 3.54. The Labute approximate surface area is 339 Å². The third-order valence-electron chi connectivity index (χ3n) is 12.0. The number of para-hydroxylation sites is 3. The smallest absolute Gasteiger partial charge is 0.0462 e. The number of hydrogen-bond donors (Lipinski definition) is 0. The lowest BCUT2D eigenvalue weighted by Gasteiger charge is -2.32. The third kappa shape index (κ3) is 6.91. The Hall–Kier alpha value is -6.38. The van der Waals surface area contributed by atoms with Gasteiger partial charge in [0.15, 0.2) is 0 Å². The molecule has 0 atom stereocenters. The molecular formula is C55H50N2. The Morgan fingerprint density at radius 2 is 0.842 bits per heavy atom. The highest BCUT2D eigenvalue weighted by atomic mass is 15.2. The lowest BCUT2D eigenvalue weighted by Crippen LogP contribution is -2.25. The summed E-state index contributed by atoms with van der Waals surface area (Å²) in [5.41, 5.74) is 17.9. The minimum absolute atomic E-state index is 0.0252. The van der Waals surface area contributed by atoms with E-state index in [2.05, 4.69) is 218 Å². The Morgan fingerprint density at radius 1 is 0.439 bits per heavy atom. The topological polar surface area (TPSA) is 6.48 Å². The Bertz CT molecular complexity index is 2470. The summed E-state index contributed by atoms with van der Waals surface area (Å²) in [6, 6.07) is 64.9. The highest BCUT2D eigenvalue weighted by Crippen LogP contribution is 2.55. The van der Waals surface area contributed by atoms with Gasteiger partial charge in [-0.15, -0.1) is 0 Å². The predicted octanol–water partition coefficient (Wildman–Crippen LogP) is 15.7. The molecule has 0 saturated heterocycles. The van der Waals surface area contributed by atoms with Crippen LogP contribution in [-0.2, 0) is 5.41 Å². The minimum Gasteiger partial charge on any atom is -0.314 e. The van der Waals surface area contributed by atoms with Crippen LogP contribution >= 0.6 is 0 Å². The lowest BCUT2D eigenvalue weighted by molar-refractivity contribution is 0.436. The van der Waals surface area contributed by atoms with E-state index in [-0.39, 0.29) is 5.41 Å². The van der Waals surface area contributed by atoms with Gasteiger partial charge in [0.25, 0.3) is 0 Å². The van der Waals surface area contributed by atoms with Gasteiger partial charge in [0, 0.05) is 39.5 Å². The van der Waals surface area contributed by atoms with Gasteiger partial charge in [-0.05, 0) is 149 Å². The summed E-state index contributed by atoms with van der Waals surface area (Å²) in [7, 11) is 0. The van der Waals surface area contributed by atoms with Crippen LogP contribution in [0.2, 0.25) is 0 Å². The highest BCUT2D eigenvalue weighted by Gasteiger charge is 2.42. The summed E-state index contributed by atoms with van der Waals surface area (Å²) in [4.78, 5) is 4.74. The molecule has 2 aliphatic carbocycles. The summed E-state index contributed by atoms with van der Waals surface area (Å²) >= 11 is 0. The zero-order valence-corrected chi connectivity index (χ0v) is 33.1. The molecule has 57 heavy (non-hydrogen) atoms. The molecule has 0 aliphatic heterocycles. The second-order valence-electron chi connectivity index (χ2n) is 15.5. The van der Waals surface area contributed by atoms with Crippen LogP contribution in [0.25, 0.3) is 33.4 Å². The molecule has 2 heteroatoms. The summed E-state index contributed by atoms with van der Waals surface area (Å²) in [6.07, 6.45) is 13.3. The molecule has 280 valence electrons. The van der Waals surface area contributed by atoms with Crippen molar-refractivity contribution in [2.75, 3.05) is 9.80 Å². The zero-order chi connectivity index (χ0) is 38.6. The van der Waals surface area contributed by atoms with E-state index in [1.807, 2.05) is 0 Å². The standard InChI is InChI=1S/C55H50N2/c1-3-37-55(38-4-2)53-39-43(41-25-31-49(32-26-41)56(45-17-9-5-10-18-45)46-19-11-6-12-20-46)29-35-51(53)52-36-30-44(40-54(52)55)42-27-33-50(34-28-42)57(47-21-13-7-14-22-47)48-23-15-8-16-24-48/h5-15,17-23,25-36,39-40H,3-4,16,24,37-38H2,1-2H3. The van der Waals surface area contributed by atoms with Crippen LogP contribution in [0.5, 0.6) is 0 Å². The molecule has 0 bridgehead atoms. The fourth-order valence-electron chi connectivity index (χ4n) is 9.41. The molecule has 0 N–H and O–H groups in total. The number of benzene rings is 7. The van der Waals surface area contributed by atoms with Crippen molar-refractivity contribution in [2.24, 2.45) is 0 Å². The first-order valence-electron chi connectivity index (χ1n) is 20.8. The largest absolute Gasteiger partial charge is 0.314 e. The molecule has 0 spiro atoms. The number of fused-ring (bicyclic) bond motifs is 3. The van der Waals surface area contributed by atoms with Gasteiger partial charge in [0.05, 0.1) is 0 Å². The quantitative estimate of drug-likeness (QED) is 0.123. The molecule has 0 aromatic heterocycles. The van der Waals surface area contributed by atoms with Gasteiger partial charge in [-0.25, -0.2) is 0 Å². The monoisotopic (exact) mass is 738 g/mol. The van der Waals surface area contributed by atoms with E-state index < -0.39 is 0 Å². The van der Waals surface area contributed by atoms with Gasteiger partial charge in [-0.2, -0.15) is 0 Å². The van der Waals surface area contributed by atoms with E-state index in [9.17, 15) is 0 Å². The molecule has 2 aliphatic rings. The van der Waals surface area contributed by atoms with Gasteiger partial charge in [-0.3, -0.25) is 0 Å². The van der Waals surface area contributed by atoms with Crippen LogP contribution in [0.3, 0.4) is 0 Å². The van der Waals surface area contributed by atoms with Gasteiger partial charge >= 0.3 is 0 Å². The summed E-state index contributed by atoms with van der Waals surface area (Å²) < 4.78 is 0. The van der Waals surface area contributed by atoms with E-state index in [0.717, 1.165) is 55.6 Å². The van der Waals surface area contributed by atoms with E-state index in [0.29, 0.717) is 0 Å². The molecule has 0 unspecified atom stereocenters. The molecule has 0 heterocycles. The molecule has 7 aromatic rings. The van der Waals surface area contributed by atoms with Crippen molar-refractivity contribution in [3.63, 3.8) is 0 Å². The van der Waals surface area contributed by atoms with Gasteiger partial charge < -0.3 is 9.80 Å². The second-order valence-corrected chi connectivity index (χ2v) is 15.5. The van der Waals surface area contributed by atoms with Crippen LogP contribution in [0.1, 0.15) is 63.5 Å². The first kappa shape index (κ1) is 36.3. The van der Waals surface area contributed by atoms with Gasteiger partial charge in [0.2, 0.25) is 0 Å². The van der Waals surface area contributed by atoms with Crippen molar-refractivity contribution >= 4 is 28.4 Å². The maximum Gasteiger partial charge on any atom is 0.0462 e. The number of rotatable bonds is 12. The van der Waals surface area contributed by atoms with E-state index in [1.54, 1.807) is 0 Å². The maximum atomic E-state index is 2.52. The normalized spacial score (nSPS) is 13.8. The maximum absolute atomic E-state index is 2.52. The summed E-state index contributed by atoms with van der Waals surface area (Å²) in [5, 5.41) is 0. The third-order valence-corrected chi connectivity index (χ3v) is 12.0. The Balaban J connectivity index is 1.06. The molecular weight excluding hydrogens is 689 g/mol. The van der Waals surface area contributed by atoms with Crippen molar-refractivity contribution in [3.05, 3.63) is 211 Å². The molecule has 0 radical (unpaired) electrons. The van der Waals surface area contributed by atoms with E-state index in [4.69, 9.17) is 0 Å². The second kappa shape index (κ2) is 16.0. The lowest BCUT2D eigenvalue weighted by atomic mass is 9.71. The van der Waals surface area contributed by atoms with Gasteiger partial charge in [-0.1, -0.05) is 142 Å². The van der Waals surface area contributed by atoms with Crippen LogP contribution < -0.4 is 9.80 Å². The fourth-order valence-corrected chi connectivity index (χ4v) is 9.41. The molecule has 0 amide bonds. The van der Waals surface area contributed by atoms with Crippen molar-refractivity contribution in [2.45, 2.75) is 57.8 Å². The van der Waals surface area contributed by atoms with Crippen LogP contribution in [0.15, 0.2) is 200 Å². The predicted molar refractivity (Wildman–Crippen MR) is 243 cm³/mol. The van der Waals surface area contributed by atoms with Crippen molar-refractivity contribution < 1.29 is 0 Å². The van der Waals surface area contributed by atoms with Gasteiger partial charge in [0.1, 0.15) is 0 Å². The summed E-state index contributed by atoms with van der Waals surface area (Å²) in [5.74, 6) is 0. The first-order chi connectivity index (χ1) is 28.2. The number of anilines is 5. The Morgan fingerprint density at radius 3 is 1.26 bits per heavy atom. The SMILES string of the molecule is CCCC1(CCC)c2cc(-c3ccc(N(C4=CC=CCC4)c4ccccc4)cc3)ccc2-c2ccc(-c3ccc(N(c4ccccc4)c4ccccc4)cc3)cc21. The molecule has 7 aromatic carbocycles. The number of hydrogen-bond acceptors (Lipinski definition) is 2. The van der Waals surface area contributed by atoms with Crippen molar-refractivity contribution in [3.8, 4) is 33.4 Å². The molecule has 0 fully saturated rings. The van der Waals surface area contributed by atoms with E-state index in [1.165, 1.54) is 61.6 Å². The van der Waals surface area contributed by atoms with Crippen LogP contribution in [0.4, 0.5) is 28.4 Å². The number of nitrogens with zero attached hydrogens (tertiary/aromatic N) is 2. The summed E-state index contributed by atoms with van der Waals surface area (Å²) in [6.45, 7) is 4.70. The van der Waals surface area contributed by atoms with Crippen molar-refractivity contribution in [1.29, 1.82) is 0 Å². The zero-order valence-electron chi connectivity index (χ0n) is 33.1. The van der Waals surface area contributed by atoms with E-state index >= 15 is 0 Å².